The number of ether oxygens (including phenoxy) is 1. The van der Waals surface area contributed by atoms with Crippen LogP contribution >= 0.6 is 0 Å². The molecule has 3 rings (SSSR count). The van der Waals surface area contributed by atoms with E-state index in [1.807, 2.05) is 0 Å². The zero-order valence-corrected chi connectivity index (χ0v) is 10.2. The molecule has 2 aliphatic carbocycles. The smallest absolute Gasteiger partial charge is 0.0643 e. The third kappa shape index (κ3) is 1.31. The lowest BCUT2D eigenvalue weighted by Crippen LogP contribution is -2.58. The maximum atomic E-state index is 5.26. The molecule has 1 aliphatic heterocycles. The zero-order valence-electron chi connectivity index (χ0n) is 10.2. The summed E-state index contributed by atoms with van der Waals surface area (Å²) >= 11 is 0. The molecule has 3 aliphatic rings. The van der Waals surface area contributed by atoms with Crippen molar-refractivity contribution in [2.24, 2.45) is 16.7 Å². The second-order valence-corrected chi connectivity index (χ2v) is 6.75. The van der Waals surface area contributed by atoms with Crippen LogP contribution in [0.4, 0.5) is 0 Å². The van der Waals surface area contributed by atoms with E-state index >= 15 is 0 Å². The molecule has 3 fully saturated rings. The van der Waals surface area contributed by atoms with Crippen molar-refractivity contribution in [3.05, 3.63) is 0 Å². The van der Waals surface area contributed by atoms with Crippen molar-refractivity contribution in [1.82, 2.24) is 5.32 Å². The van der Waals surface area contributed by atoms with Crippen LogP contribution in [0.3, 0.4) is 0 Å². The molecule has 2 bridgehead atoms. The van der Waals surface area contributed by atoms with Gasteiger partial charge in [-0.15, -0.1) is 0 Å². The molecule has 1 heterocycles. The Hall–Kier alpha value is -0.0800. The molecule has 0 radical (unpaired) electrons. The first kappa shape index (κ1) is 10.1. The van der Waals surface area contributed by atoms with Crippen molar-refractivity contribution >= 4 is 0 Å². The largest absolute Gasteiger partial charge is 0.378 e. The van der Waals surface area contributed by atoms with Gasteiger partial charge in [0, 0.05) is 6.04 Å². The lowest BCUT2D eigenvalue weighted by Gasteiger charge is -2.46. The van der Waals surface area contributed by atoms with E-state index in [1.165, 1.54) is 19.3 Å². The summed E-state index contributed by atoms with van der Waals surface area (Å²) in [6.07, 6.45) is 4.31. The first-order valence-corrected chi connectivity index (χ1v) is 6.36. The molecule has 2 heteroatoms. The molecular formula is C13H23NO. The van der Waals surface area contributed by atoms with Crippen molar-refractivity contribution < 1.29 is 4.74 Å². The minimum absolute atomic E-state index is 0.489. The van der Waals surface area contributed by atoms with Gasteiger partial charge in [-0.05, 0) is 36.0 Å². The summed E-state index contributed by atoms with van der Waals surface area (Å²) in [5.74, 6) is 0.945. The summed E-state index contributed by atoms with van der Waals surface area (Å²) < 4.78 is 5.26. The number of hydrogen-bond acceptors (Lipinski definition) is 2. The van der Waals surface area contributed by atoms with Crippen LogP contribution in [0.15, 0.2) is 0 Å². The molecule has 0 amide bonds. The summed E-state index contributed by atoms with van der Waals surface area (Å²) in [5.41, 5.74) is 1.05. The molecule has 0 aromatic carbocycles. The maximum absolute atomic E-state index is 5.26. The van der Waals surface area contributed by atoms with E-state index in [2.05, 4.69) is 26.1 Å². The fourth-order valence-corrected chi connectivity index (χ4v) is 4.29. The maximum Gasteiger partial charge on any atom is 0.0643 e. The van der Waals surface area contributed by atoms with Crippen LogP contribution in [0, 0.1) is 16.7 Å². The minimum Gasteiger partial charge on any atom is -0.378 e. The Labute approximate surface area is 92.8 Å². The van der Waals surface area contributed by atoms with Gasteiger partial charge in [0.1, 0.15) is 0 Å². The zero-order chi connectivity index (χ0) is 10.7. The second kappa shape index (κ2) is 2.98. The predicted octanol–water partition coefficient (Wildman–Crippen LogP) is 2.19. The molecular weight excluding hydrogens is 186 g/mol. The number of hydrogen-bond donors (Lipinski definition) is 1. The van der Waals surface area contributed by atoms with Crippen molar-refractivity contribution in [2.45, 2.75) is 52.1 Å². The highest BCUT2D eigenvalue weighted by Gasteiger charge is 2.59. The number of nitrogens with one attached hydrogen (secondary N) is 1. The molecule has 0 aromatic rings. The van der Waals surface area contributed by atoms with Crippen molar-refractivity contribution in [3.8, 4) is 0 Å². The molecule has 3 atom stereocenters. The molecule has 1 saturated heterocycles. The quantitative estimate of drug-likeness (QED) is 0.752. The Morgan fingerprint density at radius 2 is 1.93 bits per heavy atom. The monoisotopic (exact) mass is 209 g/mol. The predicted molar refractivity (Wildman–Crippen MR) is 60.8 cm³/mol. The SMILES string of the molecule is CC1(C)C(NC2COC2)[C@]2(C)CC[C@H]1C2. The van der Waals surface area contributed by atoms with Gasteiger partial charge in [-0.1, -0.05) is 20.8 Å². The summed E-state index contributed by atoms with van der Waals surface area (Å²) in [4.78, 5) is 0. The minimum atomic E-state index is 0.489. The summed E-state index contributed by atoms with van der Waals surface area (Å²) in [6, 6.07) is 1.34. The van der Waals surface area contributed by atoms with Crippen LogP contribution in [-0.4, -0.2) is 25.3 Å². The second-order valence-electron chi connectivity index (χ2n) is 6.75. The highest BCUT2D eigenvalue weighted by atomic mass is 16.5. The highest BCUT2D eigenvalue weighted by Crippen LogP contribution is 2.62. The molecule has 2 nitrogen and oxygen atoms in total. The topological polar surface area (TPSA) is 21.3 Å². The average molecular weight is 209 g/mol. The summed E-state index contributed by atoms with van der Waals surface area (Å²) in [6.45, 7) is 9.25. The van der Waals surface area contributed by atoms with Crippen LogP contribution < -0.4 is 5.32 Å². The Morgan fingerprint density at radius 1 is 1.20 bits per heavy atom. The van der Waals surface area contributed by atoms with Crippen LogP contribution in [0.25, 0.3) is 0 Å². The Bertz CT molecular complexity index is 267. The fourth-order valence-electron chi connectivity index (χ4n) is 4.29. The standard InChI is InChI=1S/C13H23NO/c1-12(2)9-4-5-13(3,6-9)11(12)14-10-7-15-8-10/h9-11,14H,4-8H2,1-3H3/t9-,11?,13+/m0/s1. The van der Waals surface area contributed by atoms with E-state index in [0.717, 1.165) is 19.1 Å². The van der Waals surface area contributed by atoms with Gasteiger partial charge in [-0.25, -0.2) is 0 Å². The van der Waals surface area contributed by atoms with Gasteiger partial charge < -0.3 is 10.1 Å². The van der Waals surface area contributed by atoms with Crippen molar-refractivity contribution in [3.63, 3.8) is 0 Å². The summed E-state index contributed by atoms with van der Waals surface area (Å²) in [7, 11) is 0. The first-order valence-electron chi connectivity index (χ1n) is 6.36. The Balaban J connectivity index is 1.79. The highest BCUT2D eigenvalue weighted by molar-refractivity contribution is 5.12. The van der Waals surface area contributed by atoms with Gasteiger partial charge in [0.15, 0.2) is 0 Å². The lowest BCUT2D eigenvalue weighted by molar-refractivity contribution is -0.0303. The van der Waals surface area contributed by atoms with E-state index in [0.29, 0.717) is 22.9 Å². The lowest BCUT2D eigenvalue weighted by atomic mass is 9.68. The van der Waals surface area contributed by atoms with E-state index in [4.69, 9.17) is 4.74 Å². The van der Waals surface area contributed by atoms with Crippen LogP contribution in [-0.2, 0) is 4.74 Å². The third-order valence-corrected chi connectivity index (χ3v) is 5.31. The molecule has 2 saturated carbocycles. The molecule has 1 N–H and O–H groups in total. The van der Waals surface area contributed by atoms with E-state index in [1.54, 1.807) is 0 Å². The van der Waals surface area contributed by atoms with Gasteiger partial charge in [-0.3, -0.25) is 0 Å². The van der Waals surface area contributed by atoms with Crippen LogP contribution in [0.5, 0.6) is 0 Å². The molecule has 0 spiro atoms. The van der Waals surface area contributed by atoms with Crippen LogP contribution in [0.1, 0.15) is 40.0 Å². The van der Waals surface area contributed by atoms with Gasteiger partial charge in [0.25, 0.3) is 0 Å². The number of rotatable bonds is 2. The van der Waals surface area contributed by atoms with E-state index in [9.17, 15) is 0 Å². The van der Waals surface area contributed by atoms with Gasteiger partial charge in [0.05, 0.1) is 19.3 Å². The first-order chi connectivity index (χ1) is 7.02. The third-order valence-electron chi connectivity index (χ3n) is 5.31. The van der Waals surface area contributed by atoms with E-state index < -0.39 is 0 Å². The molecule has 86 valence electrons. The van der Waals surface area contributed by atoms with E-state index in [-0.39, 0.29) is 0 Å². The summed E-state index contributed by atoms with van der Waals surface area (Å²) in [5, 5.41) is 3.85. The average Bonchev–Trinajstić information content (AvgIpc) is 2.52. The molecule has 0 aromatic heterocycles. The normalized spacial score (nSPS) is 48.2. The molecule has 1 unspecified atom stereocenters. The molecule has 15 heavy (non-hydrogen) atoms. The van der Waals surface area contributed by atoms with Crippen molar-refractivity contribution in [1.29, 1.82) is 0 Å². The Morgan fingerprint density at radius 3 is 2.40 bits per heavy atom. The van der Waals surface area contributed by atoms with Crippen LogP contribution in [0.2, 0.25) is 0 Å². The van der Waals surface area contributed by atoms with Gasteiger partial charge >= 0.3 is 0 Å². The van der Waals surface area contributed by atoms with Crippen molar-refractivity contribution in [2.75, 3.05) is 13.2 Å². The Kier molecular flexibility index (Phi) is 2.01. The fraction of sp³-hybridized carbons (Fsp3) is 1.00. The number of fused-ring (bicyclic) bond motifs is 2. The van der Waals surface area contributed by atoms with Gasteiger partial charge in [0.2, 0.25) is 0 Å². The van der Waals surface area contributed by atoms with Gasteiger partial charge in [-0.2, -0.15) is 0 Å².